The Hall–Kier alpha value is -2.40. The first-order valence-corrected chi connectivity index (χ1v) is 7.40. The van der Waals surface area contributed by atoms with Crippen LogP contribution in [-0.2, 0) is 0 Å². The van der Waals surface area contributed by atoms with Gasteiger partial charge in [-0.15, -0.1) is 11.3 Å². The highest BCUT2D eigenvalue weighted by molar-refractivity contribution is 7.12. The van der Waals surface area contributed by atoms with Crippen molar-refractivity contribution in [3.05, 3.63) is 58.0 Å². The second kappa shape index (κ2) is 5.18. The van der Waals surface area contributed by atoms with E-state index in [1.165, 1.54) is 11.3 Å². The van der Waals surface area contributed by atoms with Crippen LogP contribution >= 0.6 is 11.3 Å². The Morgan fingerprint density at radius 3 is 2.57 bits per heavy atom. The molecule has 0 aliphatic rings. The van der Waals surface area contributed by atoms with Crippen LogP contribution in [0.4, 0.5) is 0 Å². The molecule has 21 heavy (non-hydrogen) atoms. The molecule has 0 aliphatic heterocycles. The third-order valence-electron chi connectivity index (χ3n) is 3.42. The maximum atomic E-state index is 11.3. The summed E-state index contributed by atoms with van der Waals surface area (Å²) in [5, 5.41) is 15.7. The quantitative estimate of drug-likeness (QED) is 0.797. The van der Waals surface area contributed by atoms with Crippen LogP contribution < -0.4 is 0 Å². The first kappa shape index (κ1) is 13.6. The molecular weight excluding hydrogens is 284 g/mol. The summed E-state index contributed by atoms with van der Waals surface area (Å²) in [6.45, 7) is 3.87. The number of hydrogen-bond donors (Lipinski definition) is 1. The average Bonchev–Trinajstić information content (AvgIpc) is 3.04. The molecular formula is C16H14N2O2S. The number of rotatable bonds is 3. The van der Waals surface area contributed by atoms with E-state index >= 15 is 0 Å². The number of para-hydroxylation sites is 1. The summed E-state index contributed by atoms with van der Waals surface area (Å²) in [6, 6.07) is 11.7. The Morgan fingerprint density at radius 1 is 1.19 bits per heavy atom. The minimum Gasteiger partial charge on any atom is -0.477 e. The molecule has 4 nitrogen and oxygen atoms in total. The van der Waals surface area contributed by atoms with Crippen LogP contribution in [0.15, 0.2) is 41.8 Å². The lowest BCUT2D eigenvalue weighted by Crippen LogP contribution is -1.99. The highest BCUT2D eigenvalue weighted by atomic mass is 32.1. The van der Waals surface area contributed by atoms with Gasteiger partial charge in [0.1, 0.15) is 4.88 Å². The summed E-state index contributed by atoms with van der Waals surface area (Å²) in [4.78, 5) is 11.7. The van der Waals surface area contributed by atoms with Crippen molar-refractivity contribution in [2.45, 2.75) is 13.8 Å². The molecule has 0 amide bonds. The maximum Gasteiger partial charge on any atom is 0.346 e. The molecule has 1 N–H and O–H groups in total. The van der Waals surface area contributed by atoms with Crippen LogP contribution in [0.3, 0.4) is 0 Å². The van der Waals surface area contributed by atoms with E-state index in [9.17, 15) is 9.90 Å². The Bertz CT molecular complexity index is 803. The van der Waals surface area contributed by atoms with Gasteiger partial charge in [0.05, 0.1) is 11.4 Å². The van der Waals surface area contributed by atoms with E-state index in [4.69, 9.17) is 0 Å². The molecule has 2 heterocycles. The molecule has 0 bridgehead atoms. The first-order valence-electron chi connectivity index (χ1n) is 6.52. The molecule has 0 fully saturated rings. The number of nitrogens with zero attached hydrogens (tertiary/aromatic N) is 2. The van der Waals surface area contributed by atoms with Gasteiger partial charge < -0.3 is 5.11 Å². The van der Waals surface area contributed by atoms with E-state index in [2.05, 4.69) is 5.10 Å². The molecule has 1 aromatic carbocycles. The third-order valence-corrected chi connectivity index (χ3v) is 4.32. The molecule has 3 aromatic rings. The number of carboxylic acids is 1. The normalized spacial score (nSPS) is 10.8. The van der Waals surface area contributed by atoms with Gasteiger partial charge in [-0.1, -0.05) is 18.2 Å². The SMILES string of the molecule is Cc1nn(-c2ccccc2)c(C)c1-c1ccsc1C(=O)O. The molecule has 0 saturated heterocycles. The molecule has 106 valence electrons. The molecule has 5 heteroatoms. The third kappa shape index (κ3) is 2.25. The lowest BCUT2D eigenvalue weighted by Gasteiger charge is -2.05. The van der Waals surface area contributed by atoms with Crippen LogP contribution in [0.2, 0.25) is 0 Å². The monoisotopic (exact) mass is 298 g/mol. The summed E-state index contributed by atoms with van der Waals surface area (Å²) in [6.07, 6.45) is 0. The second-order valence-corrected chi connectivity index (χ2v) is 5.68. The smallest absolute Gasteiger partial charge is 0.346 e. The number of aryl methyl sites for hydroxylation is 1. The summed E-state index contributed by atoms with van der Waals surface area (Å²) in [5.41, 5.74) is 4.38. The van der Waals surface area contributed by atoms with Gasteiger partial charge in [0.2, 0.25) is 0 Å². The predicted octanol–water partition coefficient (Wildman–Crippen LogP) is 3.92. The Morgan fingerprint density at radius 2 is 1.90 bits per heavy atom. The van der Waals surface area contributed by atoms with Crippen molar-refractivity contribution in [1.82, 2.24) is 9.78 Å². The van der Waals surface area contributed by atoms with Gasteiger partial charge in [-0.05, 0) is 37.4 Å². The van der Waals surface area contributed by atoms with Crippen LogP contribution in [0.1, 0.15) is 21.1 Å². The van der Waals surface area contributed by atoms with E-state index in [1.54, 1.807) is 5.38 Å². The molecule has 0 spiro atoms. The molecule has 0 radical (unpaired) electrons. The van der Waals surface area contributed by atoms with Crippen LogP contribution in [0, 0.1) is 13.8 Å². The number of hydrogen-bond acceptors (Lipinski definition) is 3. The fraction of sp³-hybridized carbons (Fsp3) is 0.125. The van der Waals surface area contributed by atoms with Crippen molar-refractivity contribution < 1.29 is 9.90 Å². The Balaban J connectivity index is 2.19. The first-order chi connectivity index (χ1) is 10.1. The van der Waals surface area contributed by atoms with Gasteiger partial charge in [0.25, 0.3) is 0 Å². The predicted molar refractivity (Wildman–Crippen MR) is 83.3 cm³/mol. The number of benzene rings is 1. The zero-order chi connectivity index (χ0) is 15.0. The largest absolute Gasteiger partial charge is 0.477 e. The van der Waals surface area contributed by atoms with Crippen molar-refractivity contribution in [3.63, 3.8) is 0 Å². The van der Waals surface area contributed by atoms with Crippen LogP contribution in [0.5, 0.6) is 0 Å². The molecule has 0 aliphatic carbocycles. The van der Waals surface area contributed by atoms with Crippen LogP contribution in [-0.4, -0.2) is 20.9 Å². The summed E-state index contributed by atoms with van der Waals surface area (Å²) < 4.78 is 1.86. The fourth-order valence-electron chi connectivity index (χ4n) is 2.52. The summed E-state index contributed by atoms with van der Waals surface area (Å²) >= 11 is 1.24. The maximum absolute atomic E-state index is 11.3. The second-order valence-electron chi connectivity index (χ2n) is 4.76. The van der Waals surface area contributed by atoms with Crippen molar-refractivity contribution in [2.24, 2.45) is 0 Å². The zero-order valence-electron chi connectivity index (χ0n) is 11.7. The summed E-state index contributed by atoms with van der Waals surface area (Å²) in [5.74, 6) is -0.897. The number of carbonyl (C=O) groups is 1. The standard InChI is InChI=1S/C16H14N2O2S/c1-10-14(13-8-9-21-15(13)16(19)20)11(2)18(17-10)12-6-4-3-5-7-12/h3-9H,1-2H3,(H,19,20). The van der Waals surface area contributed by atoms with E-state index in [0.29, 0.717) is 4.88 Å². The number of thiophene rings is 1. The van der Waals surface area contributed by atoms with Gasteiger partial charge in [0, 0.05) is 16.8 Å². The molecule has 3 rings (SSSR count). The lowest BCUT2D eigenvalue weighted by atomic mass is 10.0. The van der Waals surface area contributed by atoms with Crippen molar-refractivity contribution in [3.8, 4) is 16.8 Å². The van der Waals surface area contributed by atoms with E-state index < -0.39 is 5.97 Å². The number of aromatic carboxylic acids is 1. The van der Waals surface area contributed by atoms with Crippen LogP contribution in [0.25, 0.3) is 16.8 Å². The lowest BCUT2D eigenvalue weighted by molar-refractivity contribution is 0.0703. The molecule has 0 atom stereocenters. The summed E-state index contributed by atoms with van der Waals surface area (Å²) in [7, 11) is 0. The van der Waals surface area contributed by atoms with Gasteiger partial charge >= 0.3 is 5.97 Å². The molecule has 2 aromatic heterocycles. The van der Waals surface area contributed by atoms with Crippen molar-refractivity contribution in [1.29, 1.82) is 0 Å². The van der Waals surface area contributed by atoms with Gasteiger partial charge in [-0.25, -0.2) is 9.48 Å². The van der Waals surface area contributed by atoms with Gasteiger partial charge in [-0.3, -0.25) is 0 Å². The molecule has 0 unspecified atom stereocenters. The Kier molecular flexibility index (Phi) is 3.35. The van der Waals surface area contributed by atoms with Gasteiger partial charge in [0.15, 0.2) is 0 Å². The zero-order valence-corrected chi connectivity index (χ0v) is 12.5. The Labute approximate surface area is 126 Å². The fourth-order valence-corrected chi connectivity index (χ4v) is 3.26. The topological polar surface area (TPSA) is 55.1 Å². The number of carboxylic acid groups (broad SMARTS) is 1. The van der Waals surface area contributed by atoms with Gasteiger partial charge in [-0.2, -0.15) is 5.10 Å². The average molecular weight is 298 g/mol. The minimum atomic E-state index is -0.897. The van der Waals surface area contributed by atoms with Crippen molar-refractivity contribution in [2.75, 3.05) is 0 Å². The number of aromatic nitrogens is 2. The van der Waals surface area contributed by atoms with Crippen molar-refractivity contribution >= 4 is 17.3 Å². The highest BCUT2D eigenvalue weighted by Gasteiger charge is 2.20. The van der Waals surface area contributed by atoms with E-state index in [1.807, 2.05) is 54.9 Å². The van der Waals surface area contributed by atoms with E-state index in [-0.39, 0.29) is 0 Å². The minimum absolute atomic E-state index is 0.355. The molecule has 0 saturated carbocycles. The highest BCUT2D eigenvalue weighted by Crippen LogP contribution is 2.34. The van der Waals surface area contributed by atoms with E-state index in [0.717, 1.165) is 28.2 Å².